The normalized spacial score (nSPS) is 10.0. The highest BCUT2D eigenvalue weighted by atomic mass is 35.5. The minimum atomic E-state index is -0.538. The van der Waals surface area contributed by atoms with Crippen LogP contribution in [-0.4, -0.2) is 9.91 Å². The summed E-state index contributed by atoms with van der Waals surface area (Å²) in [6.07, 6.45) is 3.12. The van der Waals surface area contributed by atoms with Gasteiger partial charge in [0.05, 0.1) is 0 Å². The molecule has 0 aliphatic rings. The predicted molar refractivity (Wildman–Crippen MR) is 86.1 cm³/mol. The minimum absolute atomic E-state index is 0.0652. The summed E-state index contributed by atoms with van der Waals surface area (Å²) < 4.78 is 0. The Balaban J connectivity index is 2.43. The molecule has 2 aromatic rings. The third-order valence-corrected chi connectivity index (χ3v) is 3.22. The van der Waals surface area contributed by atoms with Gasteiger partial charge in [-0.1, -0.05) is 23.7 Å². The van der Waals surface area contributed by atoms with Gasteiger partial charge in [-0.3, -0.25) is 0 Å². The smallest absolute Gasteiger partial charge is 0.321 e. The van der Waals surface area contributed by atoms with E-state index in [0.29, 0.717) is 21.9 Å². The molecule has 1 heterocycles. The molecule has 0 bridgehead atoms. The summed E-state index contributed by atoms with van der Waals surface area (Å²) in [6, 6.07) is 13.2. The molecule has 6 nitrogen and oxygen atoms in total. The summed E-state index contributed by atoms with van der Waals surface area (Å²) in [5.41, 5.74) is 1.47. The van der Waals surface area contributed by atoms with Gasteiger partial charge in [-0.25, -0.2) is 4.98 Å². The first kappa shape index (κ1) is 16.0. The Bertz CT molecular complexity index is 864. The van der Waals surface area contributed by atoms with E-state index in [2.05, 4.69) is 4.98 Å². The zero-order chi connectivity index (χ0) is 16.8. The lowest BCUT2D eigenvalue weighted by atomic mass is 10.0. The van der Waals surface area contributed by atoms with Crippen molar-refractivity contribution in [2.75, 3.05) is 0 Å². The van der Waals surface area contributed by atoms with Crippen LogP contribution in [0.3, 0.4) is 0 Å². The number of nitrogens with zero attached hydrogens (tertiary/aromatic N) is 3. The fourth-order valence-corrected chi connectivity index (χ4v) is 2.00. The van der Waals surface area contributed by atoms with Crippen molar-refractivity contribution in [3.8, 4) is 12.1 Å². The number of benzene rings is 1. The second-order valence-corrected chi connectivity index (χ2v) is 4.84. The van der Waals surface area contributed by atoms with Gasteiger partial charge in [0, 0.05) is 16.7 Å². The summed E-state index contributed by atoms with van der Waals surface area (Å²) in [5.74, 6) is -0.137. The molecule has 1 aromatic carbocycles. The van der Waals surface area contributed by atoms with Gasteiger partial charge < -0.3 is 10.1 Å². The Morgan fingerprint density at radius 1 is 1.17 bits per heavy atom. The summed E-state index contributed by atoms with van der Waals surface area (Å²) in [4.78, 5) is 12.7. The van der Waals surface area contributed by atoms with Gasteiger partial charge in [-0.05, 0) is 40.8 Å². The molecule has 2 rings (SSSR count). The molecule has 0 atom stereocenters. The Morgan fingerprint density at radius 3 is 2.35 bits per heavy atom. The summed E-state index contributed by atoms with van der Waals surface area (Å²) in [5, 5.41) is 29.4. The van der Waals surface area contributed by atoms with E-state index in [1.54, 1.807) is 36.4 Å². The molecular weight excluding hydrogens is 316 g/mol. The number of aromatic amines is 1. The van der Waals surface area contributed by atoms with E-state index in [1.165, 1.54) is 12.1 Å². The van der Waals surface area contributed by atoms with Gasteiger partial charge in [0.2, 0.25) is 0 Å². The molecule has 0 aliphatic carbocycles. The monoisotopic (exact) mass is 324 g/mol. The average Bonchev–Trinajstić information content (AvgIpc) is 3.02. The third kappa shape index (κ3) is 3.85. The largest absolute Gasteiger partial charge is 0.358 e. The Morgan fingerprint density at radius 2 is 1.83 bits per heavy atom. The van der Waals surface area contributed by atoms with E-state index in [1.807, 2.05) is 12.1 Å². The lowest BCUT2D eigenvalue weighted by Gasteiger charge is -2.02. The molecule has 0 fully saturated rings. The van der Waals surface area contributed by atoms with Crippen molar-refractivity contribution < 1.29 is 4.92 Å². The van der Waals surface area contributed by atoms with Crippen LogP contribution in [-0.2, 0) is 0 Å². The fraction of sp³-hybridized carbons (Fsp3) is 0. The molecular formula is C16H9ClN4O2. The van der Waals surface area contributed by atoms with E-state index < -0.39 is 4.92 Å². The molecule has 1 N–H and O–H groups in total. The molecule has 23 heavy (non-hydrogen) atoms. The molecule has 0 saturated carbocycles. The van der Waals surface area contributed by atoms with Gasteiger partial charge in [0.15, 0.2) is 0 Å². The first-order valence-electron chi connectivity index (χ1n) is 6.37. The van der Waals surface area contributed by atoms with Crippen molar-refractivity contribution in [1.82, 2.24) is 4.98 Å². The molecule has 112 valence electrons. The lowest BCUT2D eigenvalue weighted by Crippen LogP contribution is -1.88. The Kier molecular flexibility index (Phi) is 4.93. The van der Waals surface area contributed by atoms with Crippen molar-refractivity contribution in [1.29, 1.82) is 10.5 Å². The molecule has 0 amide bonds. The number of aromatic nitrogens is 1. The van der Waals surface area contributed by atoms with Crippen LogP contribution in [0.4, 0.5) is 5.82 Å². The van der Waals surface area contributed by atoms with Crippen LogP contribution in [0.25, 0.3) is 11.6 Å². The number of hydrogen-bond donors (Lipinski definition) is 1. The van der Waals surface area contributed by atoms with Crippen molar-refractivity contribution in [2.45, 2.75) is 0 Å². The highest BCUT2D eigenvalue weighted by Gasteiger charge is 2.09. The molecule has 7 heteroatoms. The quantitative estimate of drug-likeness (QED) is 0.395. The number of nitrogens with one attached hydrogen (secondary N) is 1. The first-order chi connectivity index (χ1) is 11.0. The Labute approximate surface area is 136 Å². The van der Waals surface area contributed by atoms with Crippen LogP contribution in [0.2, 0.25) is 5.02 Å². The molecule has 0 aliphatic heterocycles. The maximum Gasteiger partial charge on any atom is 0.321 e. The number of halogens is 1. The van der Waals surface area contributed by atoms with Crippen LogP contribution in [0.15, 0.2) is 48.0 Å². The standard InChI is InChI=1S/C16H9ClN4O2/c17-13-3-1-11(2-4-13)15(12(9-18)10-19)7-5-14-6-8-16(20-14)21(22)23/h1-8,20H/b7-5+. The second-order valence-electron chi connectivity index (χ2n) is 4.41. The maximum atomic E-state index is 10.6. The lowest BCUT2D eigenvalue weighted by molar-refractivity contribution is -0.389. The van der Waals surface area contributed by atoms with Gasteiger partial charge in [0.1, 0.15) is 23.4 Å². The van der Waals surface area contributed by atoms with Crippen molar-refractivity contribution in [3.05, 3.63) is 74.4 Å². The summed E-state index contributed by atoms with van der Waals surface area (Å²) in [6.45, 7) is 0. The van der Waals surface area contributed by atoms with Crippen LogP contribution in [0.5, 0.6) is 0 Å². The van der Waals surface area contributed by atoms with Crippen LogP contribution >= 0.6 is 11.6 Å². The molecule has 0 saturated heterocycles. The van der Waals surface area contributed by atoms with E-state index in [0.717, 1.165) is 0 Å². The number of nitriles is 2. The van der Waals surface area contributed by atoms with Crippen LogP contribution in [0, 0.1) is 32.8 Å². The van der Waals surface area contributed by atoms with Gasteiger partial charge in [0.25, 0.3) is 0 Å². The van der Waals surface area contributed by atoms with Crippen molar-refractivity contribution in [2.24, 2.45) is 0 Å². The van der Waals surface area contributed by atoms with Crippen LogP contribution < -0.4 is 0 Å². The number of hydrogen-bond acceptors (Lipinski definition) is 4. The Hall–Kier alpha value is -3.35. The maximum absolute atomic E-state index is 10.6. The van der Waals surface area contributed by atoms with Crippen LogP contribution in [0.1, 0.15) is 11.3 Å². The van der Waals surface area contributed by atoms with E-state index >= 15 is 0 Å². The third-order valence-electron chi connectivity index (χ3n) is 2.97. The SMILES string of the molecule is N#CC(C#N)=C(/C=C/c1ccc([N+](=O)[O-])[nH]1)c1ccc(Cl)cc1. The second kappa shape index (κ2) is 7.08. The fourth-order valence-electron chi connectivity index (χ4n) is 1.88. The molecule has 1 aromatic heterocycles. The highest BCUT2D eigenvalue weighted by molar-refractivity contribution is 6.30. The number of H-pyrrole nitrogens is 1. The summed E-state index contributed by atoms with van der Waals surface area (Å²) in [7, 11) is 0. The number of nitro groups is 1. The topological polar surface area (TPSA) is 107 Å². The van der Waals surface area contributed by atoms with Crippen molar-refractivity contribution >= 4 is 29.1 Å². The van der Waals surface area contributed by atoms with Gasteiger partial charge in [-0.15, -0.1) is 0 Å². The van der Waals surface area contributed by atoms with Crippen molar-refractivity contribution in [3.63, 3.8) is 0 Å². The zero-order valence-electron chi connectivity index (χ0n) is 11.7. The van der Waals surface area contributed by atoms with Gasteiger partial charge >= 0.3 is 5.82 Å². The number of rotatable bonds is 4. The van der Waals surface area contributed by atoms with E-state index in [-0.39, 0.29) is 11.4 Å². The van der Waals surface area contributed by atoms with E-state index in [9.17, 15) is 10.1 Å². The zero-order valence-corrected chi connectivity index (χ0v) is 12.4. The van der Waals surface area contributed by atoms with Gasteiger partial charge in [-0.2, -0.15) is 10.5 Å². The number of allylic oxidation sites excluding steroid dienone is 3. The minimum Gasteiger partial charge on any atom is -0.358 e. The summed E-state index contributed by atoms with van der Waals surface area (Å²) >= 11 is 5.84. The van der Waals surface area contributed by atoms with E-state index in [4.69, 9.17) is 22.1 Å². The average molecular weight is 325 g/mol. The predicted octanol–water partition coefficient (Wildman–Crippen LogP) is 4.09. The molecule has 0 radical (unpaired) electrons. The first-order valence-corrected chi connectivity index (χ1v) is 6.75. The molecule has 0 unspecified atom stereocenters. The molecule has 0 spiro atoms. The highest BCUT2D eigenvalue weighted by Crippen LogP contribution is 2.23.